The van der Waals surface area contributed by atoms with Crippen molar-refractivity contribution < 1.29 is 27.8 Å². The molecule has 2 aliphatic rings. The van der Waals surface area contributed by atoms with Crippen molar-refractivity contribution in [2.45, 2.75) is 57.7 Å². The molecule has 218 valence electrons. The summed E-state index contributed by atoms with van der Waals surface area (Å²) in [6.45, 7) is 3.50. The molecule has 0 bridgehead atoms. The first-order valence-corrected chi connectivity index (χ1v) is 14.6. The van der Waals surface area contributed by atoms with Crippen LogP contribution in [0.2, 0.25) is 5.02 Å². The molecule has 41 heavy (non-hydrogen) atoms. The van der Waals surface area contributed by atoms with Crippen molar-refractivity contribution in [2.75, 3.05) is 26.3 Å². The fraction of sp³-hybridized carbons (Fsp3) is 0.394. The van der Waals surface area contributed by atoms with Crippen molar-refractivity contribution in [3.05, 3.63) is 87.9 Å². The number of halogens is 4. The van der Waals surface area contributed by atoms with Gasteiger partial charge in [0.25, 0.3) is 0 Å². The highest BCUT2D eigenvalue weighted by Crippen LogP contribution is 2.43. The molecule has 8 heteroatoms. The number of aromatic hydroxyl groups is 1. The van der Waals surface area contributed by atoms with E-state index in [2.05, 4.69) is 4.90 Å². The van der Waals surface area contributed by atoms with Gasteiger partial charge in [0.1, 0.15) is 23.4 Å². The predicted octanol–water partition coefficient (Wildman–Crippen LogP) is 8.54. The zero-order valence-electron chi connectivity index (χ0n) is 23.1. The van der Waals surface area contributed by atoms with Crippen LogP contribution >= 0.6 is 11.6 Å². The Labute approximate surface area is 244 Å². The fourth-order valence-corrected chi connectivity index (χ4v) is 5.98. The number of benzene rings is 3. The summed E-state index contributed by atoms with van der Waals surface area (Å²) >= 11 is 6.71. The molecule has 1 saturated heterocycles. The van der Waals surface area contributed by atoms with Gasteiger partial charge in [-0.3, -0.25) is 9.29 Å². The average molecular weight is 586 g/mol. The van der Waals surface area contributed by atoms with Crippen molar-refractivity contribution in [3.8, 4) is 17.2 Å². The third-order valence-corrected chi connectivity index (χ3v) is 8.07. The highest BCUT2D eigenvalue weighted by atomic mass is 35.5. The third kappa shape index (κ3) is 7.02. The molecular formula is C33H35ClF3NO3. The van der Waals surface area contributed by atoms with Crippen molar-refractivity contribution >= 4 is 22.7 Å². The maximum absolute atomic E-state index is 13.9. The van der Waals surface area contributed by atoms with E-state index >= 15 is 0 Å². The van der Waals surface area contributed by atoms with Crippen molar-refractivity contribution in [2.24, 2.45) is 0 Å². The van der Waals surface area contributed by atoms with Gasteiger partial charge in [-0.25, -0.2) is 0 Å². The monoisotopic (exact) mass is 585 g/mol. The number of aryl methyl sites for hydroxylation is 1. The van der Waals surface area contributed by atoms with E-state index in [-0.39, 0.29) is 24.3 Å². The molecule has 1 heterocycles. The Morgan fingerprint density at radius 2 is 1.76 bits per heavy atom. The van der Waals surface area contributed by atoms with Crippen molar-refractivity contribution in [3.63, 3.8) is 0 Å². The van der Waals surface area contributed by atoms with Crippen LogP contribution in [0.25, 0.3) is 11.1 Å². The Morgan fingerprint density at radius 3 is 2.49 bits per heavy atom. The van der Waals surface area contributed by atoms with Gasteiger partial charge in [0.05, 0.1) is 11.7 Å². The van der Waals surface area contributed by atoms with Crippen molar-refractivity contribution in [1.82, 2.24) is 4.90 Å². The summed E-state index contributed by atoms with van der Waals surface area (Å²) in [4.78, 5) is 2.23. The molecule has 1 aliphatic heterocycles. The van der Waals surface area contributed by atoms with Crippen LogP contribution in [0.1, 0.15) is 61.3 Å². The number of ether oxygens (including phenoxy) is 2. The van der Waals surface area contributed by atoms with Gasteiger partial charge in [0, 0.05) is 26.1 Å². The maximum atomic E-state index is 13.9. The van der Waals surface area contributed by atoms with Gasteiger partial charge >= 0.3 is 6.11 Å². The van der Waals surface area contributed by atoms with Crippen molar-refractivity contribution in [1.29, 1.82) is 0 Å². The number of nitrogens with zero attached hydrogens (tertiary/aromatic N) is 1. The molecule has 0 aromatic heterocycles. The zero-order valence-corrected chi connectivity index (χ0v) is 23.9. The molecule has 3 aromatic carbocycles. The molecule has 0 unspecified atom stereocenters. The molecule has 1 fully saturated rings. The Morgan fingerprint density at radius 1 is 1.00 bits per heavy atom. The first-order valence-electron chi connectivity index (χ1n) is 14.2. The summed E-state index contributed by atoms with van der Waals surface area (Å²) in [5.41, 5.74) is 5.74. The van der Waals surface area contributed by atoms with Gasteiger partial charge in [-0.2, -0.15) is 8.78 Å². The third-order valence-electron chi connectivity index (χ3n) is 7.76. The van der Waals surface area contributed by atoms with Crippen LogP contribution in [0, 0.1) is 0 Å². The first-order chi connectivity index (χ1) is 19.8. The van der Waals surface area contributed by atoms with Crippen LogP contribution in [0.15, 0.2) is 60.7 Å². The van der Waals surface area contributed by atoms with E-state index < -0.39 is 12.5 Å². The lowest BCUT2D eigenvalue weighted by atomic mass is 9.87. The minimum atomic E-state index is -3.27. The van der Waals surface area contributed by atoms with E-state index in [9.17, 15) is 18.3 Å². The fourth-order valence-electron chi connectivity index (χ4n) is 5.69. The molecule has 0 spiro atoms. The quantitative estimate of drug-likeness (QED) is 0.259. The Bertz CT molecular complexity index is 1390. The molecular weight excluding hydrogens is 551 g/mol. The second kappa shape index (κ2) is 12.8. The number of hydrogen-bond acceptors (Lipinski definition) is 4. The minimum Gasteiger partial charge on any atom is -0.508 e. The lowest BCUT2D eigenvalue weighted by Gasteiger charge is -2.20. The van der Waals surface area contributed by atoms with Gasteiger partial charge in [-0.1, -0.05) is 36.7 Å². The van der Waals surface area contributed by atoms with E-state index in [1.807, 2.05) is 30.3 Å². The van der Waals surface area contributed by atoms with E-state index in [0.717, 1.165) is 78.0 Å². The van der Waals surface area contributed by atoms with Crippen LogP contribution in [-0.4, -0.2) is 48.5 Å². The van der Waals surface area contributed by atoms with Crippen LogP contribution in [0.5, 0.6) is 17.2 Å². The molecule has 0 radical (unpaired) electrons. The normalized spacial score (nSPS) is 17.8. The Balaban J connectivity index is 1.48. The molecule has 5 rings (SSSR count). The van der Waals surface area contributed by atoms with E-state index in [4.69, 9.17) is 21.1 Å². The second-order valence-corrected chi connectivity index (χ2v) is 11.1. The van der Waals surface area contributed by atoms with E-state index in [0.29, 0.717) is 17.9 Å². The number of alkyl halides is 3. The molecule has 4 nitrogen and oxygen atoms in total. The SMILES string of the molecule is CCC(F)(F)Oc1ccc(C2=C(c3ccc(O[C@H]4CCN(CCCF)C4)cc3)c3ccc(O)cc3CCC2)c(Cl)c1. The summed E-state index contributed by atoms with van der Waals surface area (Å²) in [6.07, 6.45) is 0.128. The maximum Gasteiger partial charge on any atom is 0.397 e. The van der Waals surface area contributed by atoms with Crippen LogP contribution in [0.3, 0.4) is 0 Å². The smallest absolute Gasteiger partial charge is 0.397 e. The number of rotatable bonds is 10. The van der Waals surface area contributed by atoms with Gasteiger partial charge < -0.3 is 14.6 Å². The topological polar surface area (TPSA) is 41.9 Å². The van der Waals surface area contributed by atoms with Crippen LogP contribution in [-0.2, 0) is 6.42 Å². The van der Waals surface area contributed by atoms with Gasteiger partial charge in [-0.05, 0) is 108 Å². The number of phenolic OH excluding ortho intramolecular Hbond substituents is 1. The number of likely N-dealkylation sites (tertiary alicyclic amines) is 1. The molecule has 3 aromatic rings. The number of phenols is 1. The second-order valence-electron chi connectivity index (χ2n) is 10.7. The molecule has 1 aliphatic carbocycles. The summed E-state index contributed by atoms with van der Waals surface area (Å²) in [5.74, 6) is 0.997. The lowest BCUT2D eigenvalue weighted by Crippen LogP contribution is -2.26. The summed E-state index contributed by atoms with van der Waals surface area (Å²) in [6, 6.07) is 18.1. The highest BCUT2D eigenvalue weighted by molar-refractivity contribution is 6.33. The van der Waals surface area contributed by atoms with E-state index in [1.165, 1.54) is 19.1 Å². The molecule has 0 saturated carbocycles. The zero-order chi connectivity index (χ0) is 29.0. The number of hydrogen-bond donors (Lipinski definition) is 1. The Hall–Kier alpha value is -3.16. The largest absolute Gasteiger partial charge is 0.508 e. The van der Waals surface area contributed by atoms with Gasteiger partial charge in [0.15, 0.2) is 0 Å². The minimum absolute atomic E-state index is 0.0170. The van der Waals surface area contributed by atoms with Gasteiger partial charge in [0.2, 0.25) is 0 Å². The summed E-state index contributed by atoms with van der Waals surface area (Å²) < 4.78 is 51.4. The summed E-state index contributed by atoms with van der Waals surface area (Å²) in [7, 11) is 0. The number of allylic oxidation sites excluding steroid dienone is 1. The summed E-state index contributed by atoms with van der Waals surface area (Å²) in [5, 5.41) is 10.5. The van der Waals surface area contributed by atoms with Gasteiger partial charge in [-0.15, -0.1) is 0 Å². The van der Waals surface area contributed by atoms with Crippen LogP contribution < -0.4 is 9.47 Å². The van der Waals surface area contributed by atoms with Crippen LogP contribution in [0.4, 0.5) is 13.2 Å². The highest BCUT2D eigenvalue weighted by Gasteiger charge is 2.29. The standard InChI is InChI=1S/C33H35ClF3NO3/c1-2-33(36,37)41-26-12-14-29(31(34)20-26)30-6-3-5-23-19-24(39)9-13-28(23)32(30)22-7-10-25(11-8-22)40-27-15-18-38(21-27)17-4-16-35/h7-14,19-20,27,39H,2-6,15-18,21H2,1H3/t27-/m0/s1. The number of fused-ring (bicyclic) bond motifs is 1. The Kier molecular flexibility index (Phi) is 9.15. The molecule has 0 amide bonds. The predicted molar refractivity (Wildman–Crippen MR) is 157 cm³/mol. The van der Waals surface area contributed by atoms with E-state index in [1.54, 1.807) is 18.2 Å². The lowest BCUT2D eigenvalue weighted by molar-refractivity contribution is -0.177. The molecule has 1 N–H and O–H groups in total. The molecule has 1 atom stereocenters. The average Bonchev–Trinajstić information content (AvgIpc) is 3.31. The first kappa shape index (κ1) is 29.3.